The van der Waals surface area contributed by atoms with E-state index in [4.69, 9.17) is 10.2 Å². The number of halogens is 1. The van der Waals surface area contributed by atoms with Gasteiger partial charge in [0, 0.05) is 30.4 Å². The molecule has 0 fully saturated rings. The molecule has 0 saturated carbocycles. The van der Waals surface area contributed by atoms with E-state index in [0.717, 1.165) is 12.3 Å². The molecule has 0 radical (unpaired) electrons. The number of carbonyl (C=O) groups excluding carboxylic acids is 3. The second-order valence-electron chi connectivity index (χ2n) is 8.62. The van der Waals surface area contributed by atoms with Gasteiger partial charge in [0.05, 0.1) is 5.56 Å². The molecule has 1 aromatic carbocycles. The molecule has 16 heteroatoms. The number of benzene rings is 1. The lowest BCUT2D eigenvalue weighted by molar-refractivity contribution is -0.157. The van der Waals surface area contributed by atoms with Gasteiger partial charge < -0.3 is 31.3 Å². The van der Waals surface area contributed by atoms with Gasteiger partial charge in [0.25, 0.3) is 11.8 Å². The molecule has 0 bridgehead atoms. The summed E-state index contributed by atoms with van der Waals surface area (Å²) in [7, 11) is 0. The Labute approximate surface area is 231 Å². The molecule has 2 aromatic rings. The molecular formula is C25H28FN5O10. The van der Waals surface area contributed by atoms with Crippen LogP contribution >= 0.6 is 0 Å². The van der Waals surface area contributed by atoms with Crippen molar-refractivity contribution in [2.75, 3.05) is 11.9 Å². The van der Waals surface area contributed by atoms with E-state index in [-0.39, 0.29) is 42.0 Å². The van der Waals surface area contributed by atoms with E-state index in [1.165, 1.54) is 30.3 Å². The van der Waals surface area contributed by atoms with Crippen LogP contribution in [0.2, 0.25) is 0 Å². The number of rotatable bonds is 15. The second kappa shape index (κ2) is 15.5. The van der Waals surface area contributed by atoms with Crippen molar-refractivity contribution in [3.8, 4) is 0 Å². The van der Waals surface area contributed by atoms with E-state index in [9.17, 15) is 43.5 Å². The maximum atomic E-state index is 12.9. The number of anilines is 1. The van der Waals surface area contributed by atoms with Crippen LogP contribution in [0.5, 0.6) is 0 Å². The molecule has 0 spiro atoms. The molecule has 220 valence electrons. The van der Waals surface area contributed by atoms with Crippen LogP contribution in [0.15, 0.2) is 42.6 Å². The quantitative estimate of drug-likeness (QED) is 0.0694. The number of aromatic nitrogens is 1. The van der Waals surface area contributed by atoms with E-state index in [1.54, 1.807) is 0 Å². The van der Waals surface area contributed by atoms with Gasteiger partial charge in [0.15, 0.2) is 6.04 Å². The smallest absolute Gasteiger partial charge is 0.342 e. The molecule has 2 rings (SSSR count). The number of urea groups is 1. The average molecular weight is 578 g/mol. The number of hydrogen-bond donors (Lipinski definition) is 7. The molecular weight excluding hydrogens is 549 g/mol. The normalized spacial score (nSPS) is 12.0. The van der Waals surface area contributed by atoms with Gasteiger partial charge >= 0.3 is 23.9 Å². The molecule has 1 aromatic heterocycles. The van der Waals surface area contributed by atoms with Crippen LogP contribution < -0.4 is 16.0 Å². The summed E-state index contributed by atoms with van der Waals surface area (Å²) in [6.45, 7) is 0.120. The fraction of sp³-hybridized carbons (Fsp3) is 0.320. The summed E-state index contributed by atoms with van der Waals surface area (Å²) < 4.78 is 12.9. The summed E-state index contributed by atoms with van der Waals surface area (Å²) in [5, 5.41) is 44.1. The Hall–Kier alpha value is -5.12. The lowest BCUT2D eigenvalue weighted by Gasteiger charge is -2.24. The Morgan fingerprint density at radius 1 is 0.854 bits per heavy atom. The maximum absolute atomic E-state index is 12.9. The monoisotopic (exact) mass is 577 g/mol. The number of pyridine rings is 1. The van der Waals surface area contributed by atoms with Gasteiger partial charge in [-0.1, -0.05) is 0 Å². The number of nitrogens with zero attached hydrogens (tertiary/aromatic N) is 2. The van der Waals surface area contributed by atoms with Crippen LogP contribution in [0.4, 0.5) is 14.9 Å². The Bertz CT molecular complexity index is 1260. The van der Waals surface area contributed by atoms with Crippen molar-refractivity contribution in [1.82, 2.24) is 20.7 Å². The minimum Gasteiger partial charge on any atom is -0.481 e. The van der Waals surface area contributed by atoms with Crippen molar-refractivity contribution in [1.29, 1.82) is 0 Å². The minimum atomic E-state index is -1.73. The first-order valence-corrected chi connectivity index (χ1v) is 12.2. The Morgan fingerprint density at radius 3 is 2.07 bits per heavy atom. The maximum Gasteiger partial charge on any atom is 0.342 e. The number of carboxylic acids is 3. The number of hydroxylamine groups is 2. The Balaban J connectivity index is 1.79. The predicted octanol–water partition coefficient (Wildman–Crippen LogP) is 1.55. The van der Waals surface area contributed by atoms with Crippen LogP contribution in [0.25, 0.3) is 0 Å². The lowest BCUT2D eigenvalue weighted by Crippen LogP contribution is -2.52. The first-order valence-electron chi connectivity index (χ1n) is 12.2. The van der Waals surface area contributed by atoms with Crippen LogP contribution in [-0.4, -0.2) is 85.0 Å². The van der Waals surface area contributed by atoms with Crippen molar-refractivity contribution < 1.29 is 53.7 Å². The highest BCUT2D eigenvalue weighted by Gasteiger charge is 2.31. The number of hydrogen-bond acceptors (Lipinski definition) is 8. The zero-order chi connectivity index (χ0) is 30.5. The molecule has 1 heterocycles. The molecule has 7 N–H and O–H groups in total. The summed E-state index contributed by atoms with van der Waals surface area (Å²) in [5.74, 6) is -6.12. The zero-order valence-electron chi connectivity index (χ0n) is 21.4. The molecule has 0 aliphatic carbocycles. The van der Waals surface area contributed by atoms with Gasteiger partial charge in [-0.05, 0) is 62.1 Å². The molecule has 2 atom stereocenters. The number of carboxylic acid groups (broad SMARTS) is 3. The summed E-state index contributed by atoms with van der Waals surface area (Å²) in [6, 6.07) is 3.39. The van der Waals surface area contributed by atoms with Gasteiger partial charge in [-0.2, -0.15) is 9.45 Å². The minimum absolute atomic E-state index is 0.120. The topological polar surface area (TPSA) is 236 Å². The molecule has 0 saturated heterocycles. The number of amides is 4. The first kappa shape index (κ1) is 32.1. The third-order valence-electron chi connectivity index (χ3n) is 5.62. The molecule has 0 aliphatic heterocycles. The number of unbranched alkanes of at least 4 members (excludes halogenated alkanes) is 1. The fourth-order valence-electron chi connectivity index (χ4n) is 3.42. The van der Waals surface area contributed by atoms with Crippen LogP contribution in [0.1, 0.15) is 52.8 Å². The largest absolute Gasteiger partial charge is 0.481 e. The van der Waals surface area contributed by atoms with Gasteiger partial charge in [-0.3, -0.25) is 19.6 Å². The highest BCUT2D eigenvalue weighted by Crippen LogP contribution is 2.13. The molecule has 41 heavy (non-hydrogen) atoms. The zero-order valence-corrected chi connectivity index (χ0v) is 21.4. The van der Waals surface area contributed by atoms with Gasteiger partial charge in [-0.15, -0.1) is 0 Å². The molecule has 4 amide bonds. The van der Waals surface area contributed by atoms with Gasteiger partial charge in [-0.25, -0.2) is 19.4 Å². The number of carbonyl (C=O) groups is 6. The van der Waals surface area contributed by atoms with E-state index in [2.05, 4.69) is 15.6 Å². The lowest BCUT2D eigenvalue weighted by atomic mass is 10.1. The van der Waals surface area contributed by atoms with Crippen molar-refractivity contribution in [2.24, 2.45) is 0 Å². The van der Waals surface area contributed by atoms with E-state index in [0.29, 0.717) is 5.69 Å². The van der Waals surface area contributed by atoms with Crippen LogP contribution in [-0.2, 0) is 14.4 Å². The van der Waals surface area contributed by atoms with Crippen molar-refractivity contribution in [2.45, 2.75) is 44.2 Å². The second-order valence-corrected chi connectivity index (χ2v) is 8.62. The Kier molecular flexibility index (Phi) is 12.1. The van der Waals surface area contributed by atoms with Gasteiger partial charge in [0.2, 0.25) is 5.95 Å². The highest BCUT2D eigenvalue weighted by atomic mass is 19.1. The van der Waals surface area contributed by atoms with E-state index in [1.807, 2.05) is 5.32 Å². The highest BCUT2D eigenvalue weighted by molar-refractivity contribution is 6.04. The molecule has 2 unspecified atom stereocenters. The number of nitrogens with one attached hydrogen (secondary N) is 3. The van der Waals surface area contributed by atoms with Crippen molar-refractivity contribution in [3.05, 3.63) is 59.7 Å². The van der Waals surface area contributed by atoms with Crippen molar-refractivity contribution in [3.63, 3.8) is 0 Å². The first-order chi connectivity index (χ1) is 19.4. The average Bonchev–Trinajstić information content (AvgIpc) is 2.92. The summed E-state index contributed by atoms with van der Waals surface area (Å²) >= 11 is 0. The Morgan fingerprint density at radius 2 is 1.51 bits per heavy atom. The summed E-state index contributed by atoms with van der Waals surface area (Å²) in [5.41, 5.74) is 0.789. The van der Waals surface area contributed by atoms with E-state index >= 15 is 0 Å². The van der Waals surface area contributed by atoms with Gasteiger partial charge in [0.1, 0.15) is 6.04 Å². The van der Waals surface area contributed by atoms with E-state index < -0.39 is 66.6 Å². The summed E-state index contributed by atoms with van der Waals surface area (Å²) in [4.78, 5) is 73.5. The van der Waals surface area contributed by atoms with Crippen LogP contribution in [0.3, 0.4) is 0 Å². The SMILES string of the molecule is O=C(O)CCC(NC(=O)N(O)C(CCCCNC(=O)c1ccc(NC(=O)c2ccc(F)nc2)cc1)C(=O)O)C(=O)O. The fourth-order valence-corrected chi connectivity index (χ4v) is 3.42. The summed E-state index contributed by atoms with van der Waals surface area (Å²) in [6.07, 6.45) is 0.199. The molecule has 0 aliphatic rings. The predicted molar refractivity (Wildman–Crippen MR) is 137 cm³/mol. The standard InChI is InChI=1S/C25H28FN5O10/c26-19-10-6-15(13-28-19)22(35)29-16-7-4-14(5-8-16)21(34)27-12-2-1-3-18(24(38)39)31(41)25(40)30-17(23(36)37)9-11-20(32)33/h4-8,10,13,17-18,41H,1-3,9,11-12H2,(H,27,34)(H,29,35)(H,30,40)(H,32,33)(H,36,37)(H,38,39). The third kappa shape index (κ3) is 10.5. The third-order valence-corrected chi connectivity index (χ3v) is 5.62. The van der Waals surface area contributed by atoms with Crippen LogP contribution in [0, 0.1) is 5.95 Å². The number of aliphatic carboxylic acids is 3. The van der Waals surface area contributed by atoms with Crippen molar-refractivity contribution >= 4 is 41.4 Å². The molecule has 15 nitrogen and oxygen atoms in total.